The number of fused-ring (bicyclic) bond motifs is 1. The van der Waals surface area contributed by atoms with E-state index in [1.54, 1.807) is 0 Å². The van der Waals surface area contributed by atoms with Gasteiger partial charge in [0.25, 0.3) is 0 Å². The number of aromatic nitrogens is 2. The van der Waals surface area contributed by atoms with Gasteiger partial charge < -0.3 is 0 Å². The van der Waals surface area contributed by atoms with Gasteiger partial charge in [-0.2, -0.15) is 5.10 Å². The smallest absolute Gasteiger partial charge is 0.238 e. The van der Waals surface area contributed by atoms with Gasteiger partial charge in [0.2, 0.25) is 11.8 Å². The molecule has 1 saturated carbocycles. The number of imide groups is 1. The molecule has 2 aromatic rings. The van der Waals surface area contributed by atoms with Gasteiger partial charge in [0, 0.05) is 11.8 Å². The maximum atomic E-state index is 12.7. The predicted octanol–water partition coefficient (Wildman–Crippen LogP) is 3.23. The third-order valence-corrected chi connectivity index (χ3v) is 5.45. The molecule has 1 aromatic carbocycles. The van der Waals surface area contributed by atoms with Crippen molar-refractivity contribution in [1.29, 1.82) is 0 Å². The van der Waals surface area contributed by atoms with E-state index in [0.717, 1.165) is 36.9 Å². The number of hydrogen-bond acceptors (Lipinski definition) is 3. The molecule has 1 aromatic heterocycles. The minimum Gasteiger partial charge on any atom is -0.274 e. The molecular formula is C20H23N3O2. The van der Waals surface area contributed by atoms with Crippen molar-refractivity contribution in [3.63, 3.8) is 0 Å². The van der Waals surface area contributed by atoms with E-state index in [1.807, 2.05) is 23.7 Å². The summed E-state index contributed by atoms with van der Waals surface area (Å²) in [6.07, 6.45) is 3.73. The number of carbonyl (C=O) groups is 2. The highest BCUT2D eigenvalue weighted by molar-refractivity contribution is 6.21. The lowest BCUT2D eigenvalue weighted by Gasteiger charge is -2.19. The molecule has 2 fully saturated rings. The van der Waals surface area contributed by atoms with Gasteiger partial charge in [0.05, 0.1) is 18.4 Å². The molecule has 25 heavy (non-hydrogen) atoms. The largest absolute Gasteiger partial charge is 0.274 e. The average molecular weight is 337 g/mol. The number of rotatable bonds is 3. The van der Waals surface area contributed by atoms with Crippen LogP contribution in [0.25, 0.3) is 0 Å². The molecule has 2 amide bonds. The van der Waals surface area contributed by atoms with E-state index in [1.165, 1.54) is 10.5 Å². The minimum absolute atomic E-state index is 0.0603. The van der Waals surface area contributed by atoms with Crippen LogP contribution < -0.4 is 4.90 Å². The van der Waals surface area contributed by atoms with Gasteiger partial charge in [-0.3, -0.25) is 14.3 Å². The van der Waals surface area contributed by atoms with Crippen molar-refractivity contribution in [1.82, 2.24) is 9.78 Å². The third-order valence-electron chi connectivity index (χ3n) is 5.45. The molecule has 2 atom stereocenters. The van der Waals surface area contributed by atoms with Crippen LogP contribution in [0.5, 0.6) is 0 Å². The summed E-state index contributed by atoms with van der Waals surface area (Å²) in [5.74, 6) is 0.0892. The molecule has 2 heterocycles. The Kier molecular flexibility index (Phi) is 3.94. The van der Waals surface area contributed by atoms with E-state index in [-0.39, 0.29) is 23.7 Å². The third kappa shape index (κ3) is 2.77. The van der Waals surface area contributed by atoms with Crippen LogP contribution in [0.3, 0.4) is 0 Å². The van der Waals surface area contributed by atoms with Crippen molar-refractivity contribution >= 4 is 17.6 Å². The first-order chi connectivity index (χ1) is 12.0. The summed E-state index contributed by atoms with van der Waals surface area (Å²) >= 11 is 0. The Bertz CT molecular complexity index is 815. The Morgan fingerprint density at radius 3 is 2.36 bits per heavy atom. The number of aryl methyl sites for hydroxylation is 2. The van der Waals surface area contributed by atoms with Crippen molar-refractivity contribution in [3.05, 3.63) is 47.2 Å². The molecule has 5 nitrogen and oxygen atoms in total. The maximum absolute atomic E-state index is 12.7. The minimum atomic E-state index is -0.136. The maximum Gasteiger partial charge on any atom is 0.238 e. The topological polar surface area (TPSA) is 55.2 Å². The Morgan fingerprint density at radius 2 is 1.72 bits per heavy atom. The van der Waals surface area contributed by atoms with Crippen LogP contribution in [0.15, 0.2) is 30.3 Å². The molecule has 4 rings (SSSR count). The van der Waals surface area contributed by atoms with Crippen molar-refractivity contribution in [3.8, 4) is 0 Å². The molecule has 1 aliphatic heterocycles. The highest BCUT2D eigenvalue weighted by Crippen LogP contribution is 2.39. The lowest BCUT2D eigenvalue weighted by atomic mass is 9.81. The molecular weight excluding hydrogens is 314 g/mol. The van der Waals surface area contributed by atoms with Gasteiger partial charge in [0.15, 0.2) is 5.82 Å². The molecule has 2 unspecified atom stereocenters. The Hall–Kier alpha value is -2.43. The fourth-order valence-corrected chi connectivity index (χ4v) is 4.13. The molecule has 0 radical (unpaired) electrons. The summed E-state index contributed by atoms with van der Waals surface area (Å²) in [5, 5.41) is 4.58. The van der Waals surface area contributed by atoms with E-state index >= 15 is 0 Å². The number of anilines is 1. The Morgan fingerprint density at radius 1 is 1.04 bits per heavy atom. The first-order valence-corrected chi connectivity index (χ1v) is 9.02. The normalized spacial score (nSPS) is 23.2. The lowest BCUT2D eigenvalue weighted by molar-refractivity contribution is -0.122. The quantitative estimate of drug-likeness (QED) is 0.808. The second-order valence-corrected chi connectivity index (χ2v) is 7.30. The monoisotopic (exact) mass is 337 g/mol. The van der Waals surface area contributed by atoms with Crippen molar-refractivity contribution in [2.75, 3.05) is 4.90 Å². The summed E-state index contributed by atoms with van der Waals surface area (Å²) in [4.78, 5) is 26.8. The zero-order valence-electron chi connectivity index (χ0n) is 14.7. The highest BCUT2D eigenvalue weighted by Gasteiger charge is 2.49. The van der Waals surface area contributed by atoms with E-state index in [2.05, 4.69) is 30.2 Å². The number of nitrogens with zero attached hydrogens (tertiary/aromatic N) is 3. The highest BCUT2D eigenvalue weighted by atomic mass is 16.2. The standard InChI is InChI=1S/C20H23N3O2/c1-13-6-5-7-15(10-13)12-22-14(2)11-18(21-22)23-19(24)16-8-3-4-9-17(16)20(23)25/h5-7,10-11,16-17H,3-4,8-9,12H2,1-2H3. The van der Waals surface area contributed by atoms with E-state index in [0.29, 0.717) is 12.4 Å². The molecule has 1 saturated heterocycles. The van der Waals surface area contributed by atoms with Crippen molar-refractivity contribution in [2.24, 2.45) is 11.8 Å². The van der Waals surface area contributed by atoms with E-state index < -0.39 is 0 Å². The molecule has 5 heteroatoms. The predicted molar refractivity (Wildman–Crippen MR) is 95.2 cm³/mol. The van der Waals surface area contributed by atoms with Gasteiger partial charge in [-0.15, -0.1) is 0 Å². The van der Waals surface area contributed by atoms with Crippen molar-refractivity contribution < 1.29 is 9.59 Å². The van der Waals surface area contributed by atoms with Crippen LogP contribution >= 0.6 is 0 Å². The summed E-state index contributed by atoms with van der Waals surface area (Å²) in [7, 11) is 0. The summed E-state index contributed by atoms with van der Waals surface area (Å²) in [6.45, 7) is 4.66. The van der Waals surface area contributed by atoms with E-state index in [9.17, 15) is 9.59 Å². The number of carbonyl (C=O) groups excluding carboxylic acids is 2. The van der Waals surface area contributed by atoms with Crippen LogP contribution in [-0.4, -0.2) is 21.6 Å². The van der Waals surface area contributed by atoms with Gasteiger partial charge in [-0.25, -0.2) is 4.90 Å². The summed E-state index contributed by atoms with van der Waals surface area (Å²) in [5.41, 5.74) is 3.31. The van der Waals surface area contributed by atoms with Crippen LogP contribution in [0, 0.1) is 25.7 Å². The fourth-order valence-electron chi connectivity index (χ4n) is 4.13. The molecule has 130 valence electrons. The van der Waals surface area contributed by atoms with Crippen molar-refractivity contribution in [2.45, 2.75) is 46.1 Å². The van der Waals surface area contributed by atoms with Crippen LogP contribution in [0.1, 0.15) is 42.5 Å². The molecule has 0 bridgehead atoms. The number of benzene rings is 1. The van der Waals surface area contributed by atoms with Crippen LogP contribution in [0.4, 0.5) is 5.82 Å². The zero-order chi connectivity index (χ0) is 17.6. The summed E-state index contributed by atoms with van der Waals surface area (Å²) < 4.78 is 1.87. The number of hydrogen-bond donors (Lipinski definition) is 0. The first-order valence-electron chi connectivity index (χ1n) is 9.02. The average Bonchev–Trinajstić information content (AvgIpc) is 3.06. The molecule has 0 spiro atoms. The van der Waals surface area contributed by atoms with Gasteiger partial charge in [-0.1, -0.05) is 42.7 Å². The zero-order valence-corrected chi connectivity index (χ0v) is 14.7. The van der Waals surface area contributed by atoms with E-state index in [4.69, 9.17) is 0 Å². The fraction of sp³-hybridized carbons (Fsp3) is 0.450. The molecule has 0 N–H and O–H groups in total. The SMILES string of the molecule is Cc1cccc(Cn2nc(N3C(=O)C4CCCCC4C3=O)cc2C)c1. The second kappa shape index (κ2) is 6.14. The number of amides is 2. The summed E-state index contributed by atoms with van der Waals surface area (Å²) in [6, 6.07) is 10.1. The molecule has 2 aliphatic rings. The second-order valence-electron chi connectivity index (χ2n) is 7.30. The van der Waals surface area contributed by atoms with Gasteiger partial charge in [0.1, 0.15) is 0 Å². The van der Waals surface area contributed by atoms with Crippen LogP contribution in [-0.2, 0) is 16.1 Å². The first kappa shape index (κ1) is 16.1. The van der Waals surface area contributed by atoms with Gasteiger partial charge in [-0.05, 0) is 32.3 Å². The van der Waals surface area contributed by atoms with Crippen LogP contribution in [0.2, 0.25) is 0 Å². The Labute approximate surface area is 147 Å². The lowest BCUT2D eigenvalue weighted by Crippen LogP contribution is -2.31. The molecule has 1 aliphatic carbocycles. The van der Waals surface area contributed by atoms with Gasteiger partial charge >= 0.3 is 0 Å². The Balaban J connectivity index is 1.61.